The summed E-state index contributed by atoms with van der Waals surface area (Å²) >= 11 is 0. The van der Waals surface area contributed by atoms with Crippen LogP contribution in [0.25, 0.3) is 0 Å². The van der Waals surface area contributed by atoms with Crippen molar-refractivity contribution in [2.24, 2.45) is 0 Å². The van der Waals surface area contributed by atoms with Crippen LogP contribution >= 0.6 is 0 Å². The van der Waals surface area contributed by atoms with Crippen LogP contribution in [-0.4, -0.2) is 10.9 Å². The fraction of sp³-hybridized carbons (Fsp3) is 1.00. The first-order valence-corrected chi connectivity index (χ1v) is 2.22. The summed E-state index contributed by atoms with van der Waals surface area (Å²) < 4.78 is 0. The minimum atomic E-state index is -0.456. The molecule has 0 aromatic rings. The lowest BCUT2D eigenvalue weighted by Gasteiger charge is -2.13. The van der Waals surface area contributed by atoms with E-state index in [0.717, 1.165) is 0 Å². The van der Waals surface area contributed by atoms with Crippen LogP contribution in [0.15, 0.2) is 0 Å². The molecule has 0 aliphatic heterocycles. The molecule has 0 saturated heterocycles. The molecule has 0 amide bonds. The quantitative estimate of drug-likeness (QED) is 0.440. The Hall–Kier alpha value is -0.160. The molecule has 0 aromatic heterocycles. The third-order valence-corrected chi connectivity index (χ3v) is 0.314. The first kappa shape index (κ1) is 7.84. The highest BCUT2D eigenvalue weighted by Gasteiger charge is 2.11. The van der Waals surface area contributed by atoms with E-state index in [2.05, 4.69) is 15.0 Å². The summed E-state index contributed by atoms with van der Waals surface area (Å²) in [6.07, 6.45) is 0. The zero-order chi connectivity index (χ0) is 6.62. The van der Waals surface area contributed by atoms with Gasteiger partial charge in [0.05, 0.1) is 5.60 Å². The van der Waals surface area contributed by atoms with Crippen molar-refractivity contribution < 1.29 is 20.2 Å². The molecule has 0 radical (unpaired) electrons. The van der Waals surface area contributed by atoms with Gasteiger partial charge in [-0.3, -0.25) is 0 Å². The summed E-state index contributed by atoms with van der Waals surface area (Å²) in [7, 11) is 0. The molecule has 0 bridgehead atoms. The van der Waals surface area contributed by atoms with E-state index in [1.807, 2.05) is 0 Å². The van der Waals surface area contributed by atoms with Crippen molar-refractivity contribution in [2.75, 3.05) is 0 Å². The molecule has 0 aromatic carbocycles. The van der Waals surface area contributed by atoms with Crippen molar-refractivity contribution in [1.82, 2.24) is 0 Å². The zero-order valence-electron chi connectivity index (χ0n) is 5.17. The maximum absolute atomic E-state index is 7.58. The van der Waals surface area contributed by atoms with Crippen molar-refractivity contribution in [1.29, 1.82) is 0 Å². The molecular weight excluding hydrogens is 112 g/mol. The molecule has 0 heterocycles. The van der Waals surface area contributed by atoms with Gasteiger partial charge in [-0.25, -0.2) is 5.26 Å². The Morgan fingerprint density at radius 2 is 1.75 bits per heavy atom. The van der Waals surface area contributed by atoms with Crippen LogP contribution in [0.2, 0.25) is 0 Å². The van der Waals surface area contributed by atoms with Gasteiger partial charge in [-0.1, -0.05) is 0 Å². The highest BCUT2D eigenvalue weighted by molar-refractivity contribution is 4.53. The van der Waals surface area contributed by atoms with Crippen LogP contribution in [0, 0.1) is 0 Å². The van der Waals surface area contributed by atoms with Crippen molar-refractivity contribution >= 4 is 0 Å². The molecule has 4 heteroatoms. The van der Waals surface area contributed by atoms with E-state index >= 15 is 0 Å². The van der Waals surface area contributed by atoms with Crippen LogP contribution in [0.5, 0.6) is 0 Å². The molecule has 0 aliphatic rings. The van der Waals surface area contributed by atoms with Gasteiger partial charge in [0.1, 0.15) is 0 Å². The summed E-state index contributed by atoms with van der Waals surface area (Å²) in [4.78, 5) is 4.41. The van der Waals surface area contributed by atoms with Gasteiger partial charge in [-0.05, 0) is 30.8 Å². The van der Waals surface area contributed by atoms with Crippen molar-refractivity contribution in [2.45, 2.75) is 26.4 Å². The molecule has 0 saturated carbocycles. The summed E-state index contributed by atoms with van der Waals surface area (Å²) in [5.74, 6) is 0. The maximum Gasteiger partial charge on any atom is 0.0984 e. The van der Waals surface area contributed by atoms with E-state index in [4.69, 9.17) is 5.26 Å². The molecule has 0 unspecified atom stereocenters. The van der Waals surface area contributed by atoms with Gasteiger partial charge >= 0.3 is 0 Å². The molecule has 0 aliphatic carbocycles. The fourth-order valence-electron chi connectivity index (χ4n) is 0.117. The van der Waals surface area contributed by atoms with Crippen molar-refractivity contribution in [3.63, 3.8) is 0 Å². The first-order chi connectivity index (χ1) is 3.56. The average Bonchev–Trinajstić information content (AvgIpc) is 1.59. The number of hydrogen-bond donors (Lipinski definition) is 1. The van der Waals surface area contributed by atoms with E-state index in [9.17, 15) is 0 Å². The average molecular weight is 122 g/mol. The molecule has 0 spiro atoms. The highest BCUT2D eigenvalue weighted by atomic mass is 17.6. The van der Waals surface area contributed by atoms with Crippen LogP contribution in [-0.2, 0) is 15.0 Å². The summed E-state index contributed by atoms with van der Waals surface area (Å²) in [5, 5.41) is 14.5. The predicted octanol–water partition coefficient (Wildman–Crippen LogP) is 1.14. The Morgan fingerprint density at radius 1 is 1.25 bits per heavy atom. The molecule has 0 fully saturated rings. The van der Waals surface area contributed by atoms with E-state index in [-0.39, 0.29) is 0 Å². The maximum atomic E-state index is 7.58. The Balaban J connectivity index is 3.11. The minimum Gasteiger partial charge on any atom is -0.219 e. The first-order valence-electron chi connectivity index (χ1n) is 2.22. The second-order valence-corrected chi connectivity index (χ2v) is 2.34. The van der Waals surface area contributed by atoms with Crippen LogP contribution in [0.4, 0.5) is 0 Å². The van der Waals surface area contributed by atoms with Gasteiger partial charge < -0.3 is 0 Å². The van der Waals surface area contributed by atoms with Gasteiger partial charge in [0.2, 0.25) is 0 Å². The van der Waals surface area contributed by atoms with Gasteiger partial charge in [0.25, 0.3) is 0 Å². The van der Waals surface area contributed by atoms with Crippen molar-refractivity contribution in [3.8, 4) is 0 Å². The lowest BCUT2D eigenvalue weighted by Crippen LogP contribution is -2.18. The normalized spacial score (nSPS) is 12.0. The van der Waals surface area contributed by atoms with Crippen LogP contribution in [0.3, 0.4) is 0 Å². The fourth-order valence-corrected chi connectivity index (χ4v) is 0.117. The summed E-state index contributed by atoms with van der Waals surface area (Å²) in [6, 6.07) is 0. The third-order valence-electron chi connectivity index (χ3n) is 0.314. The molecule has 4 nitrogen and oxygen atoms in total. The monoisotopic (exact) mass is 122 g/mol. The smallest absolute Gasteiger partial charge is 0.0984 e. The second kappa shape index (κ2) is 2.99. The van der Waals surface area contributed by atoms with E-state index in [0.29, 0.717) is 0 Å². The molecular formula is C4H10O4. The van der Waals surface area contributed by atoms with Gasteiger partial charge in [0, 0.05) is 0 Å². The molecule has 0 rings (SSSR count). The van der Waals surface area contributed by atoms with Gasteiger partial charge in [-0.2, -0.15) is 4.89 Å². The summed E-state index contributed by atoms with van der Waals surface area (Å²) in [6.45, 7) is 5.27. The Morgan fingerprint density at radius 3 is 1.88 bits per heavy atom. The topological polar surface area (TPSA) is 47.9 Å². The standard InChI is InChI=1S/C4H10O4/c1-4(2,3)6-8-7-5/h5H,1-3H3. The third kappa shape index (κ3) is 5.84. The van der Waals surface area contributed by atoms with Crippen molar-refractivity contribution in [3.05, 3.63) is 0 Å². The molecule has 8 heavy (non-hydrogen) atoms. The number of rotatable bonds is 2. The Labute approximate surface area is 47.8 Å². The van der Waals surface area contributed by atoms with Gasteiger partial charge in [0.15, 0.2) is 0 Å². The number of hydrogen-bond acceptors (Lipinski definition) is 4. The lowest BCUT2D eigenvalue weighted by molar-refractivity contribution is -0.638. The zero-order valence-corrected chi connectivity index (χ0v) is 5.17. The van der Waals surface area contributed by atoms with Crippen LogP contribution in [0.1, 0.15) is 20.8 Å². The van der Waals surface area contributed by atoms with Gasteiger partial charge in [-0.15, -0.1) is 0 Å². The van der Waals surface area contributed by atoms with Crippen LogP contribution < -0.4 is 0 Å². The molecule has 1 N–H and O–H groups in total. The Kier molecular flexibility index (Phi) is 2.93. The summed E-state index contributed by atoms with van der Waals surface area (Å²) in [5.41, 5.74) is -0.456. The largest absolute Gasteiger partial charge is 0.219 e. The SMILES string of the molecule is CC(C)(C)OOOO. The minimum absolute atomic E-state index is 0.456. The molecule has 50 valence electrons. The Bertz CT molecular complexity index is 55.5. The lowest BCUT2D eigenvalue weighted by atomic mass is 10.2. The van der Waals surface area contributed by atoms with E-state index < -0.39 is 5.60 Å². The highest BCUT2D eigenvalue weighted by Crippen LogP contribution is 2.05. The van der Waals surface area contributed by atoms with E-state index in [1.54, 1.807) is 20.8 Å². The van der Waals surface area contributed by atoms with E-state index in [1.165, 1.54) is 0 Å². The molecule has 0 atom stereocenters. The second-order valence-electron chi connectivity index (χ2n) is 2.34. The predicted molar refractivity (Wildman–Crippen MR) is 25.6 cm³/mol.